The first-order valence-electron chi connectivity index (χ1n) is 11.0. The molecule has 0 saturated heterocycles. The predicted molar refractivity (Wildman–Crippen MR) is 138 cm³/mol. The number of hydrogen-bond donors (Lipinski definition) is 1. The number of rotatable bonds is 4. The Bertz CT molecular complexity index is 620. The molecule has 3 heteroatoms. The fourth-order valence-electron chi connectivity index (χ4n) is 4.64. The largest absolute Gasteiger partial charge is 0.507 e. The number of hydrogen-bond acceptors (Lipinski definition) is 1. The van der Waals surface area contributed by atoms with Crippen molar-refractivity contribution in [1.29, 1.82) is 0 Å². The van der Waals surface area contributed by atoms with E-state index < -0.39 is 0 Å². The van der Waals surface area contributed by atoms with Crippen molar-refractivity contribution in [3.63, 3.8) is 0 Å². The van der Waals surface area contributed by atoms with Crippen LogP contribution >= 0.6 is 15.8 Å². The van der Waals surface area contributed by atoms with Crippen LogP contribution in [-0.2, 0) is 12.3 Å². The molecule has 1 nitrogen and oxygen atoms in total. The highest BCUT2D eigenvalue weighted by Gasteiger charge is 2.36. The Balaban J connectivity index is 3.50. The molecule has 1 aromatic carbocycles. The summed E-state index contributed by atoms with van der Waals surface area (Å²) in [5.74, 6) is 0.521. The molecular weight excluding hydrogens is 390 g/mol. The zero-order chi connectivity index (χ0) is 23.2. The molecule has 1 aromatic rings. The summed E-state index contributed by atoms with van der Waals surface area (Å²) in [4.78, 5) is 0. The highest BCUT2D eigenvalue weighted by atomic mass is 31.1. The minimum absolute atomic E-state index is 0.241. The summed E-state index contributed by atoms with van der Waals surface area (Å²) in [5.41, 5.74) is 4.89. The molecule has 0 spiro atoms. The second-order valence-corrected chi connectivity index (χ2v) is 20.4. The monoisotopic (exact) mass is 438 g/mol. The summed E-state index contributed by atoms with van der Waals surface area (Å²) in [6, 6.07) is 2.45. The molecule has 0 aliphatic rings. The van der Waals surface area contributed by atoms with Crippen LogP contribution in [0, 0.1) is 13.8 Å². The Hall–Kier alpha value is -0.120. The average Bonchev–Trinajstić information content (AvgIpc) is 2.45. The minimum atomic E-state index is -0.241. The zero-order valence-corrected chi connectivity index (χ0v) is 23.6. The van der Waals surface area contributed by atoms with Crippen LogP contribution in [-0.4, -0.2) is 25.7 Å². The van der Waals surface area contributed by atoms with Gasteiger partial charge in [0.1, 0.15) is 5.75 Å². The summed E-state index contributed by atoms with van der Waals surface area (Å²) in [7, 11) is -0.482. The van der Waals surface area contributed by atoms with Crippen LogP contribution in [0.1, 0.15) is 105 Å². The lowest BCUT2D eigenvalue weighted by Gasteiger charge is -2.43. The summed E-state index contributed by atoms with van der Waals surface area (Å²) < 4.78 is 0. The van der Waals surface area contributed by atoms with Gasteiger partial charge in [0.05, 0.1) is 0 Å². The summed E-state index contributed by atoms with van der Waals surface area (Å²) in [5, 5.41) is 12.1. The smallest absolute Gasteiger partial charge is 0.121 e. The Morgan fingerprint density at radius 1 is 0.586 bits per heavy atom. The lowest BCUT2D eigenvalue weighted by molar-refractivity contribution is 0.465. The lowest BCUT2D eigenvalue weighted by atomic mass is 10.00. The Labute approximate surface area is 185 Å². The van der Waals surface area contributed by atoms with Gasteiger partial charge in [-0.15, -0.1) is 0 Å². The predicted octanol–water partition coefficient (Wildman–Crippen LogP) is 9.17. The van der Waals surface area contributed by atoms with Gasteiger partial charge in [-0.05, 0) is 69.0 Å². The molecule has 0 bridgehead atoms. The molecule has 1 N–H and O–H groups in total. The molecular formula is C26H48OP2. The van der Waals surface area contributed by atoms with Gasteiger partial charge in [0, 0.05) is 0 Å². The summed E-state index contributed by atoms with van der Waals surface area (Å²) in [6.07, 6.45) is 2.16. The van der Waals surface area contributed by atoms with Crippen LogP contribution in [0.2, 0.25) is 0 Å². The molecule has 0 fully saturated rings. The van der Waals surface area contributed by atoms with Crippen molar-refractivity contribution >= 4 is 15.8 Å². The normalized spacial score (nSPS) is 14.2. The van der Waals surface area contributed by atoms with Gasteiger partial charge in [-0.1, -0.05) is 105 Å². The molecule has 0 heterocycles. The van der Waals surface area contributed by atoms with E-state index in [9.17, 15) is 5.11 Å². The fraction of sp³-hybridized carbons (Fsp3) is 0.769. The zero-order valence-electron chi connectivity index (χ0n) is 21.8. The van der Waals surface area contributed by atoms with E-state index in [1.54, 1.807) is 0 Å². The topological polar surface area (TPSA) is 20.2 Å². The van der Waals surface area contributed by atoms with Gasteiger partial charge in [0.25, 0.3) is 0 Å². The minimum Gasteiger partial charge on any atom is -0.507 e. The fourth-order valence-corrected chi connectivity index (χ4v) is 11.9. The van der Waals surface area contributed by atoms with E-state index in [4.69, 9.17) is 0 Å². The molecule has 0 aromatic heterocycles. The van der Waals surface area contributed by atoms with Gasteiger partial charge in [-0.2, -0.15) is 0 Å². The van der Waals surface area contributed by atoms with E-state index in [1.807, 2.05) is 0 Å². The van der Waals surface area contributed by atoms with E-state index in [2.05, 4.69) is 103 Å². The first-order chi connectivity index (χ1) is 12.7. The Morgan fingerprint density at radius 2 is 0.828 bits per heavy atom. The maximum atomic E-state index is 11.0. The molecule has 1 rings (SSSR count). The second-order valence-electron chi connectivity index (χ2n) is 12.6. The van der Waals surface area contributed by atoms with Crippen molar-refractivity contribution in [2.24, 2.45) is 0 Å². The van der Waals surface area contributed by atoms with Crippen LogP contribution in [0.5, 0.6) is 5.75 Å². The Morgan fingerprint density at radius 3 is 1.03 bits per heavy atom. The first kappa shape index (κ1) is 26.9. The second kappa shape index (κ2) is 8.79. The van der Waals surface area contributed by atoms with Crippen molar-refractivity contribution in [2.45, 2.75) is 130 Å². The molecule has 0 unspecified atom stereocenters. The van der Waals surface area contributed by atoms with Gasteiger partial charge in [-0.3, -0.25) is 0 Å². The molecule has 0 aliphatic carbocycles. The van der Waals surface area contributed by atoms with Crippen molar-refractivity contribution < 1.29 is 5.11 Å². The van der Waals surface area contributed by atoms with E-state index in [-0.39, 0.29) is 36.5 Å². The third kappa shape index (κ3) is 6.94. The highest BCUT2D eigenvalue weighted by molar-refractivity contribution is 7.60. The van der Waals surface area contributed by atoms with E-state index in [1.165, 1.54) is 11.1 Å². The van der Waals surface area contributed by atoms with E-state index in [0.717, 1.165) is 23.5 Å². The maximum Gasteiger partial charge on any atom is 0.121 e. The number of phenolic OH excluding ortho intramolecular Hbond substituents is 1. The molecule has 0 aliphatic heterocycles. The van der Waals surface area contributed by atoms with Gasteiger partial charge in [0.2, 0.25) is 0 Å². The quantitative estimate of drug-likeness (QED) is 0.465. The Kier molecular flexibility index (Phi) is 8.16. The van der Waals surface area contributed by atoms with Crippen LogP contribution in [0.15, 0.2) is 6.07 Å². The highest BCUT2D eigenvalue weighted by Crippen LogP contribution is 2.63. The summed E-state index contributed by atoms with van der Waals surface area (Å²) in [6.45, 7) is 32.8. The maximum absolute atomic E-state index is 11.0. The molecule has 0 saturated carbocycles. The van der Waals surface area contributed by atoms with Crippen molar-refractivity contribution in [1.82, 2.24) is 0 Å². The van der Waals surface area contributed by atoms with Crippen molar-refractivity contribution in [3.8, 4) is 5.75 Å². The number of phenols is 1. The SMILES string of the molecule is Cc1c(CP(C(C)(C)C)C(C)(C)C)cc(CP(C(C)(C)C)C(C)(C)C)c(C)c1O. The van der Waals surface area contributed by atoms with Gasteiger partial charge < -0.3 is 5.11 Å². The van der Waals surface area contributed by atoms with E-state index in [0.29, 0.717) is 5.75 Å². The molecule has 0 atom stereocenters. The van der Waals surface area contributed by atoms with Crippen molar-refractivity contribution in [3.05, 3.63) is 28.3 Å². The van der Waals surface area contributed by atoms with E-state index >= 15 is 0 Å². The average molecular weight is 439 g/mol. The molecule has 0 amide bonds. The van der Waals surface area contributed by atoms with Crippen LogP contribution < -0.4 is 0 Å². The van der Waals surface area contributed by atoms with Crippen LogP contribution in [0.3, 0.4) is 0 Å². The number of aromatic hydroxyl groups is 1. The van der Waals surface area contributed by atoms with Gasteiger partial charge in [-0.25, -0.2) is 0 Å². The third-order valence-corrected chi connectivity index (χ3v) is 13.7. The van der Waals surface area contributed by atoms with Gasteiger partial charge in [0.15, 0.2) is 0 Å². The number of benzene rings is 1. The molecule has 168 valence electrons. The third-order valence-electron chi connectivity index (χ3n) is 5.92. The van der Waals surface area contributed by atoms with Gasteiger partial charge >= 0.3 is 0 Å². The summed E-state index contributed by atoms with van der Waals surface area (Å²) >= 11 is 0. The molecule has 29 heavy (non-hydrogen) atoms. The standard InChI is InChI=1S/C26H48OP2/c1-18-20(16-28(23(3,4)5)24(6,7)8)15-21(19(2)22(18)27)17-29(25(9,10)11)26(12,13)14/h15,27H,16-17H2,1-14H3. The van der Waals surface area contributed by atoms with Crippen LogP contribution in [0.25, 0.3) is 0 Å². The lowest BCUT2D eigenvalue weighted by Crippen LogP contribution is -2.26. The molecule has 0 radical (unpaired) electrons. The van der Waals surface area contributed by atoms with Crippen LogP contribution in [0.4, 0.5) is 0 Å². The first-order valence-corrected chi connectivity index (χ1v) is 14.1. The van der Waals surface area contributed by atoms with Crippen molar-refractivity contribution in [2.75, 3.05) is 0 Å².